The zero-order valence-electron chi connectivity index (χ0n) is 16.6. The van der Waals surface area contributed by atoms with Crippen LogP contribution >= 0.6 is 0 Å². The molecule has 1 aliphatic rings. The van der Waals surface area contributed by atoms with Gasteiger partial charge < -0.3 is 15.2 Å². The Morgan fingerprint density at radius 1 is 1.38 bits per heavy atom. The number of rotatable bonds is 4. The number of anilines is 1. The number of pyridine rings is 2. The van der Waals surface area contributed by atoms with E-state index >= 15 is 0 Å². The minimum Gasteiger partial charge on any atom is -0.465 e. The molecule has 0 spiro atoms. The first kappa shape index (κ1) is 19.3. The van der Waals surface area contributed by atoms with E-state index in [1.54, 1.807) is 16.8 Å². The molecule has 4 heterocycles. The summed E-state index contributed by atoms with van der Waals surface area (Å²) in [5.41, 5.74) is 8.16. The lowest BCUT2D eigenvalue weighted by Crippen LogP contribution is -2.48. The van der Waals surface area contributed by atoms with Gasteiger partial charge in [-0.25, -0.2) is 9.36 Å². The first-order valence-electron chi connectivity index (χ1n) is 9.53. The smallest absolute Gasteiger partial charge is 0.344 e. The second-order valence-electron chi connectivity index (χ2n) is 7.08. The molecule has 3 aromatic heterocycles. The van der Waals surface area contributed by atoms with Gasteiger partial charge in [0, 0.05) is 31.4 Å². The van der Waals surface area contributed by atoms with Crippen LogP contribution in [0.25, 0.3) is 16.7 Å². The van der Waals surface area contributed by atoms with Crippen molar-refractivity contribution in [1.82, 2.24) is 14.3 Å². The van der Waals surface area contributed by atoms with Gasteiger partial charge in [0.25, 0.3) is 11.2 Å². The van der Waals surface area contributed by atoms with E-state index in [4.69, 9.17) is 20.2 Å². The second-order valence-corrected chi connectivity index (χ2v) is 7.08. The molecule has 0 unspecified atom stereocenters. The Hall–Kier alpha value is -3.04. The topological polar surface area (TPSA) is 103 Å². The number of carbonyl (C=O) groups excluding carboxylic acids is 1. The lowest BCUT2D eigenvalue weighted by atomic mass is 10.2. The number of ether oxygens (including phenoxy) is 2. The highest BCUT2D eigenvalue weighted by Crippen LogP contribution is 2.16. The maximum absolute atomic E-state index is 13.2. The maximum Gasteiger partial charge on any atom is 0.344 e. The van der Waals surface area contributed by atoms with Gasteiger partial charge in [0.2, 0.25) is 11.5 Å². The SMILES string of the molecule is COC(=O)c1cc2c(=O)n3cccc(C)c3nc2[n+](CCN2CCOCC2)c1N. The molecule has 0 aliphatic carbocycles. The molecule has 4 rings (SSSR count). The molecule has 0 amide bonds. The highest BCUT2D eigenvalue weighted by atomic mass is 16.5. The molecule has 2 N–H and O–H groups in total. The molecule has 29 heavy (non-hydrogen) atoms. The zero-order valence-corrected chi connectivity index (χ0v) is 16.6. The van der Waals surface area contributed by atoms with Gasteiger partial charge in [0.1, 0.15) is 10.9 Å². The Kier molecular flexibility index (Phi) is 5.16. The number of hydrogen-bond acceptors (Lipinski definition) is 7. The van der Waals surface area contributed by atoms with Crippen LogP contribution in [0.15, 0.2) is 29.2 Å². The molecule has 0 saturated carbocycles. The number of carbonyl (C=O) groups is 1. The number of aromatic nitrogens is 3. The standard InChI is InChI=1S/C20H23N5O4/c1-13-4-3-5-25-17(13)22-18-15(19(25)26)12-14(20(27)28-2)16(21)24(18)7-6-23-8-10-29-11-9-23/h3-5,12,21H,6-11H2,1-2H3/p+1. The summed E-state index contributed by atoms with van der Waals surface area (Å²) < 4.78 is 13.5. The highest BCUT2D eigenvalue weighted by Gasteiger charge is 2.25. The summed E-state index contributed by atoms with van der Waals surface area (Å²) in [4.78, 5) is 32.5. The Balaban J connectivity index is 1.93. The summed E-state index contributed by atoms with van der Waals surface area (Å²) in [7, 11) is 1.29. The Labute approximate surface area is 167 Å². The van der Waals surface area contributed by atoms with E-state index in [1.165, 1.54) is 17.6 Å². The molecule has 1 saturated heterocycles. The van der Waals surface area contributed by atoms with Crippen molar-refractivity contribution in [3.63, 3.8) is 0 Å². The highest BCUT2D eigenvalue weighted by molar-refractivity contribution is 5.96. The van der Waals surface area contributed by atoms with Gasteiger partial charge in [-0.15, -0.1) is 0 Å². The Morgan fingerprint density at radius 2 is 2.14 bits per heavy atom. The molecule has 1 fully saturated rings. The number of hydrogen-bond donors (Lipinski definition) is 1. The predicted octanol–water partition coefficient (Wildman–Crippen LogP) is 0.145. The minimum atomic E-state index is -0.585. The molecule has 0 radical (unpaired) electrons. The number of nitrogens with zero attached hydrogens (tertiary/aromatic N) is 4. The molecular formula is C20H24N5O4+. The van der Waals surface area contributed by atoms with Crippen LogP contribution in [-0.4, -0.2) is 60.2 Å². The molecule has 0 aromatic carbocycles. The van der Waals surface area contributed by atoms with Crippen molar-refractivity contribution in [2.24, 2.45) is 0 Å². The molecule has 9 heteroatoms. The van der Waals surface area contributed by atoms with E-state index in [9.17, 15) is 9.59 Å². The van der Waals surface area contributed by atoms with Crippen molar-refractivity contribution < 1.29 is 18.8 Å². The fourth-order valence-electron chi connectivity index (χ4n) is 3.68. The van der Waals surface area contributed by atoms with E-state index in [1.807, 2.05) is 13.0 Å². The monoisotopic (exact) mass is 398 g/mol. The first-order valence-corrected chi connectivity index (χ1v) is 9.53. The number of methoxy groups -OCH3 is 1. The van der Waals surface area contributed by atoms with Crippen molar-refractivity contribution in [2.75, 3.05) is 45.7 Å². The summed E-state index contributed by atoms with van der Waals surface area (Å²) in [5.74, 6) is -0.347. The van der Waals surface area contributed by atoms with E-state index in [2.05, 4.69) is 4.90 Å². The van der Waals surface area contributed by atoms with Crippen LogP contribution < -0.4 is 15.9 Å². The number of aryl methyl sites for hydroxylation is 1. The summed E-state index contributed by atoms with van der Waals surface area (Å²) in [5, 5.41) is 0.324. The lowest BCUT2D eigenvalue weighted by Gasteiger charge is -2.26. The van der Waals surface area contributed by atoms with Crippen LogP contribution in [0.2, 0.25) is 0 Å². The van der Waals surface area contributed by atoms with Crippen molar-refractivity contribution in [2.45, 2.75) is 13.5 Å². The summed E-state index contributed by atoms with van der Waals surface area (Å²) >= 11 is 0. The van der Waals surface area contributed by atoms with Gasteiger partial charge in [-0.05, 0) is 19.1 Å². The van der Waals surface area contributed by atoms with Gasteiger partial charge in [0.05, 0.1) is 26.9 Å². The van der Waals surface area contributed by atoms with Crippen molar-refractivity contribution >= 4 is 28.5 Å². The minimum absolute atomic E-state index is 0.161. The van der Waals surface area contributed by atoms with Crippen LogP contribution in [-0.2, 0) is 16.0 Å². The molecular weight excluding hydrogens is 374 g/mol. The molecule has 3 aromatic rings. The normalized spacial score (nSPS) is 15.1. The largest absolute Gasteiger partial charge is 0.465 e. The average molecular weight is 398 g/mol. The predicted molar refractivity (Wildman–Crippen MR) is 107 cm³/mol. The van der Waals surface area contributed by atoms with Gasteiger partial charge in [-0.1, -0.05) is 11.1 Å². The number of fused-ring (bicyclic) bond motifs is 2. The molecule has 152 valence electrons. The number of esters is 1. The first-order chi connectivity index (χ1) is 14.0. The summed E-state index contributed by atoms with van der Waals surface area (Å²) in [6, 6.07) is 5.17. The van der Waals surface area contributed by atoms with Crippen LogP contribution in [0, 0.1) is 6.92 Å². The average Bonchev–Trinajstić information content (AvgIpc) is 2.74. The molecule has 1 aliphatic heterocycles. The number of morpholine rings is 1. The van der Waals surface area contributed by atoms with Crippen molar-refractivity contribution in [3.05, 3.63) is 45.9 Å². The van der Waals surface area contributed by atoms with Crippen molar-refractivity contribution in [1.29, 1.82) is 0 Å². The van der Waals surface area contributed by atoms with Gasteiger partial charge >= 0.3 is 5.97 Å². The van der Waals surface area contributed by atoms with E-state index in [-0.39, 0.29) is 16.9 Å². The van der Waals surface area contributed by atoms with E-state index in [0.29, 0.717) is 43.0 Å². The van der Waals surface area contributed by atoms with E-state index < -0.39 is 5.97 Å². The number of nitrogens with two attached hydrogens (primary N) is 1. The van der Waals surface area contributed by atoms with Crippen LogP contribution in [0.1, 0.15) is 15.9 Å². The second kappa shape index (κ2) is 7.76. The fraction of sp³-hybridized carbons (Fsp3) is 0.400. The third-order valence-corrected chi connectivity index (χ3v) is 5.32. The van der Waals surface area contributed by atoms with Crippen LogP contribution in [0.4, 0.5) is 5.82 Å². The van der Waals surface area contributed by atoms with E-state index in [0.717, 1.165) is 18.7 Å². The zero-order chi connectivity index (χ0) is 20.5. The van der Waals surface area contributed by atoms with Crippen LogP contribution in [0.3, 0.4) is 0 Å². The van der Waals surface area contributed by atoms with Gasteiger partial charge in [0.15, 0.2) is 0 Å². The van der Waals surface area contributed by atoms with Gasteiger partial charge in [-0.2, -0.15) is 0 Å². The molecule has 9 nitrogen and oxygen atoms in total. The molecule has 0 bridgehead atoms. The Bertz CT molecular complexity index is 1150. The quantitative estimate of drug-likeness (QED) is 0.379. The Morgan fingerprint density at radius 3 is 2.86 bits per heavy atom. The van der Waals surface area contributed by atoms with Gasteiger partial charge in [-0.3, -0.25) is 14.1 Å². The maximum atomic E-state index is 13.2. The summed E-state index contributed by atoms with van der Waals surface area (Å²) in [6.07, 6.45) is 1.67. The molecule has 0 atom stereocenters. The van der Waals surface area contributed by atoms with Crippen LogP contribution in [0.5, 0.6) is 0 Å². The summed E-state index contributed by atoms with van der Waals surface area (Å²) in [6.45, 7) is 6.12. The lowest BCUT2D eigenvalue weighted by molar-refractivity contribution is -0.658. The third kappa shape index (κ3) is 3.43. The third-order valence-electron chi connectivity index (χ3n) is 5.32. The fourth-order valence-corrected chi connectivity index (χ4v) is 3.68. The van der Waals surface area contributed by atoms with Crippen molar-refractivity contribution in [3.8, 4) is 0 Å². The number of nitrogen functional groups attached to an aromatic ring is 1.